The molecule has 1 aliphatic carbocycles. The van der Waals surface area contributed by atoms with Crippen LogP contribution in [0.1, 0.15) is 39.0 Å². The molecule has 1 rings (SSSR count). The first-order valence-corrected chi connectivity index (χ1v) is 6.92. The van der Waals surface area contributed by atoms with Crippen molar-refractivity contribution in [2.45, 2.75) is 45.1 Å². The van der Waals surface area contributed by atoms with Crippen molar-refractivity contribution in [3.63, 3.8) is 0 Å². The summed E-state index contributed by atoms with van der Waals surface area (Å²) < 4.78 is 0. The van der Waals surface area contributed by atoms with Gasteiger partial charge in [-0.15, -0.1) is 0 Å². The Morgan fingerprint density at radius 3 is 2.78 bits per heavy atom. The molecule has 4 heteroatoms. The number of amides is 1. The number of carbonyl (C=O) groups is 1. The van der Waals surface area contributed by atoms with Gasteiger partial charge in [0.1, 0.15) is 0 Å². The molecule has 0 aliphatic heterocycles. The third kappa shape index (κ3) is 3.99. The smallest absolute Gasteiger partial charge is 0.233 e. The Kier molecular flexibility index (Phi) is 6.14. The fourth-order valence-electron chi connectivity index (χ4n) is 2.96. The van der Waals surface area contributed by atoms with Crippen LogP contribution in [0, 0.1) is 23.2 Å². The molecule has 1 N–H and O–H groups in total. The Labute approximate surface area is 110 Å². The molecular weight excluding hydrogens is 226 g/mol. The van der Waals surface area contributed by atoms with Crippen LogP contribution in [0.5, 0.6) is 0 Å². The third-order valence-electron chi connectivity index (χ3n) is 4.03. The highest BCUT2D eigenvalue weighted by Gasteiger charge is 2.33. The van der Waals surface area contributed by atoms with E-state index in [1.54, 1.807) is 7.05 Å². The van der Waals surface area contributed by atoms with Crippen LogP contribution in [0.4, 0.5) is 0 Å². The van der Waals surface area contributed by atoms with Crippen molar-refractivity contribution in [3.05, 3.63) is 0 Å². The molecule has 1 amide bonds. The van der Waals surface area contributed by atoms with Crippen molar-refractivity contribution >= 4 is 5.91 Å². The molecule has 0 saturated heterocycles. The molecular formula is C14H25N3O. The second-order valence-corrected chi connectivity index (χ2v) is 5.36. The second-order valence-electron chi connectivity index (χ2n) is 5.36. The van der Waals surface area contributed by atoms with E-state index in [0.717, 1.165) is 25.2 Å². The van der Waals surface area contributed by atoms with Crippen LogP contribution in [0.2, 0.25) is 0 Å². The molecule has 18 heavy (non-hydrogen) atoms. The molecule has 102 valence electrons. The van der Waals surface area contributed by atoms with E-state index in [-0.39, 0.29) is 17.9 Å². The standard InChI is InChI=1S/C14H25N3O/c1-4-5-11-6-7-12(9-15)13(8-11)17(3)10-14(18)16-2/h11-13H,4-8,10H2,1-3H3,(H,16,18). The fraction of sp³-hybridized carbons (Fsp3) is 0.857. The number of hydrogen-bond acceptors (Lipinski definition) is 3. The molecule has 0 spiro atoms. The highest BCUT2D eigenvalue weighted by molar-refractivity contribution is 5.77. The number of rotatable bonds is 5. The molecule has 3 unspecified atom stereocenters. The van der Waals surface area contributed by atoms with E-state index < -0.39 is 0 Å². The molecule has 0 aromatic rings. The first-order chi connectivity index (χ1) is 8.62. The normalized spacial score (nSPS) is 27.8. The van der Waals surface area contributed by atoms with Crippen molar-refractivity contribution in [3.8, 4) is 6.07 Å². The monoisotopic (exact) mass is 251 g/mol. The summed E-state index contributed by atoms with van der Waals surface area (Å²) in [6.45, 7) is 2.60. The Morgan fingerprint density at radius 1 is 1.50 bits per heavy atom. The van der Waals surface area contributed by atoms with Crippen molar-refractivity contribution in [2.75, 3.05) is 20.6 Å². The maximum Gasteiger partial charge on any atom is 0.233 e. The first kappa shape index (κ1) is 15.0. The van der Waals surface area contributed by atoms with Crippen LogP contribution < -0.4 is 5.32 Å². The van der Waals surface area contributed by atoms with Crippen molar-refractivity contribution < 1.29 is 4.79 Å². The lowest BCUT2D eigenvalue weighted by atomic mass is 9.76. The maximum atomic E-state index is 11.4. The summed E-state index contributed by atoms with van der Waals surface area (Å²) in [5, 5.41) is 11.9. The van der Waals surface area contributed by atoms with Gasteiger partial charge in [0.2, 0.25) is 5.91 Å². The summed E-state index contributed by atoms with van der Waals surface area (Å²) in [6.07, 6.45) is 5.64. The zero-order chi connectivity index (χ0) is 13.5. The predicted molar refractivity (Wildman–Crippen MR) is 71.8 cm³/mol. The van der Waals surface area contributed by atoms with E-state index in [1.165, 1.54) is 12.8 Å². The zero-order valence-electron chi connectivity index (χ0n) is 11.8. The Morgan fingerprint density at radius 2 is 2.22 bits per heavy atom. The van der Waals surface area contributed by atoms with E-state index in [4.69, 9.17) is 0 Å². The Bertz CT molecular complexity index is 311. The molecule has 0 aromatic carbocycles. The minimum atomic E-state index is 0.0202. The molecule has 1 aliphatic rings. The van der Waals surface area contributed by atoms with E-state index in [9.17, 15) is 10.1 Å². The van der Waals surface area contributed by atoms with E-state index in [1.807, 2.05) is 7.05 Å². The van der Waals surface area contributed by atoms with Gasteiger partial charge in [-0.1, -0.05) is 19.8 Å². The van der Waals surface area contributed by atoms with Gasteiger partial charge in [-0.3, -0.25) is 9.69 Å². The molecule has 0 radical (unpaired) electrons. The lowest BCUT2D eigenvalue weighted by Gasteiger charge is -2.38. The van der Waals surface area contributed by atoms with Crippen LogP contribution in [-0.2, 0) is 4.79 Å². The lowest BCUT2D eigenvalue weighted by molar-refractivity contribution is -0.122. The van der Waals surface area contributed by atoms with Gasteiger partial charge in [-0.25, -0.2) is 0 Å². The van der Waals surface area contributed by atoms with Crippen LogP contribution in [0.25, 0.3) is 0 Å². The van der Waals surface area contributed by atoms with Crippen molar-refractivity contribution in [1.82, 2.24) is 10.2 Å². The number of nitrogens with zero attached hydrogens (tertiary/aromatic N) is 2. The number of carbonyl (C=O) groups excluding carboxylic acids is 1. The molecule has 4 nitrogen and oxygen atoms in total. The SMILES string of the molecule is CCCC1CCC(C#N)C(N(C)CC(=O)NC)C1. The first-order valence-electron chi connectivity index (χ1n) is 6.92. The van der Waals surface area contributed by atoms with Gasteiger partial charge in [-0.05, 0) is 32.2 Å². The molecule has 3 atom stereocenters. The van der Waals surface area contributed by atoms with E-state index in [0.29, 0.717) is 6.54 Å². The van der Waals surface area contributed by atoms with E-state index in [2.05, 4.69) is 23.2 Å². The predicted octanol–water partition coefficient (Wildman–Crippen LogP) is 1.77. The van der Waals surface area contributed by atoms with Crippen molar-refractivity contribution in [1.29, 1.82) is 5.26 Å². The molecule has 0 heterocycles. The highest BCUT2D eigenvalue weighted by Crippen LogP contribution is 2.33. The second kappa shape index (κ2) is 7.38. The average molecular weight is 251 g/mol. The van der Waals surface area contributed by atoms with Gasteiger partial charge in [0, 0.05) is 13.1 Å². The van der Waals surface area contributed by atoms with Gasteiger partial charge < -0.3 is 5.32 Å². The largest absolute Gasteiger partial charge is 0.358 e. The fourth-order valence-corrected chi connectivity index (χ4v) is 2.96. The molecule has 1 saturated carbocycles. The molecule has 0 aromatic heterocycles. The highest BCUT2D eigenvalue weighted by atomic mass is 16.1. The average Bonchev–Trinajstić information content (AvgIpc) is 2.38. The number of nitriles is 1. The third-order valence-corrected chi connectivity index (χ3v) is 4.03. The summed E-state index contributed by atoms with van der Waals surface area (Å²) in [5.41, 5.74) is 0. The Hall–Kier alpha value is -1.08. The summed E-state index contributed by atoms with van der Waals surface area (Å²) >= 11 is 0. The minimum absolute atomic E-state index is 0.0202. The molecule has 0 bridgehead atoms. The zero-order valence-corrected chi connectivity index (χ0v) is 11.8. The number of nitrogens with one attached hydrogen (secondary N) is 1. The van der Waals surface area contributed by atoms with E-state index >= 15 is 0 Å². The van der Waals surface area contributed by atoms with Crippen LogP contribution in [-0.4, -0.2) is 37.5 Å². The quantitative estimate of drug-likeness (QED) is 0.810. The van der Waals surface area contributed by atoms with Crippen LogP contribution in [0.3, 0.4) is 0 Å². The lowest BCUT2D eigenvalue weighted by Crippen LogP contribution is -2.45. The maximum absolute atomic E-state index is 11.4. The topological polar surface area (TPSA) is 56.1 Å². The van der Waals surface area contributed by atoms with Gasteiger partial charge in [0.05, 0.1) is 18.5 Å². The van der Waals surface area contributed by atoms with Gasteiger partial charge in [-0.2, -0.15) is 5.26 Å². The number of hydrogen-bond donors (Lipinski definition) is 1. The van der Waals surface area contributed by atoms with Crippen LogP contribution in [0.15, 0.2) is 0 Å². The van der Waals surface area contributed by atoms with Gasteiger partial charge >= 0.3 is 0 Å². The summed E-state index contributed by atoms with van der Waals surface area (Å²) in [6, 6.07) is 2.65. The Balaban J connectivity index is 2.62. The van der Waals surface area contributed by atoms with Gasteiger partial charge in [0.15, 0.2) is 0 Å². The summed E-state index contributed by atoms with van der Waals surface area (Å²) in [7, 11) is 3.61. The minimum Gasteiger partial charge on any atom is -0.358 e. The van der Waals surface area contributed by atoms with Crippen LogP contribution >= 0.6 is 0 Å². The summed E-state index contributed by atoms with van der Waals surface area (Å²) in [4.78, 5) is 13.5. The number of likely N-dealkylation sites (N-methyl/N-ethyl adjacent to an activating group) is 2. The summed E-state index contributed by atoms with van der Waals surface area (Å²) in [5.74, 6) is 0.816. The van der Waals surface area contributed by atoms with Gasteiger partial charge in [0.25, 0.3) is 0 Å². The molecule has 1 fully saturated rings. The van der Waals surface area contributed by atoms with Crippen molar-refractivity contribution in [2.24, 2.45) is 11.8 Å².